The highest BCUT2D eigenvalue weighted by atomic mass is 32.3. The van der Waals surface area contributed by atoms with E-state index in [1.807, 2.05) is 12.1 Å². The fourth-order valence-electron chi connectivity index (χ4n) is 2.67. The number of pyridine rings is 2. The van der Waals surface area contributed by atoms with E-state index in [4.69, 9.17) is 0 Å². The zero-order valence-electron chi connectivity index (χ0n) is 15.4. The Morgan fingerprint density at radius 3 is 2.31 bits per heavy atom. The molecule has 0 fully saturated rings. The number of hydrogen-bond acceptors (Lipinski definition) is 6. The van der Waals surface area contributed by atoms with Crippen LogP contribution in [0.2, 0.25) is 0 Å². The molecule has 1 N–H and O–H groups in total. The average Bonchev–Trinajstić information content (AvgIpc) is 2.73. The van der Waals surface area contributed by atoms with Gasteiger partial charge in [0, 0.05) is 37.9 Å². The number of nitrogens with one attached hydrogen (secondary N) is 1. The zero-order chi connectivity index (χ0) is 20.7. The first-order chi connectivity index (χ1) is 13.9. The molecule has 3 aromatic rings. The third kappa shape index (κ3) is 6.16. The number of amides is 1. The lowest BCUT2D eigenvalue weighted by atomic mass is 10.1. The maximum Gasteiger partial charge on any atom is 0.332 e. The van der Waals surface area contributed by atoms with Gasteiger partial charge in [0.05, 0.1) is 10.5 Å². The van der Waals surface area contributed by atoms with Crippen LogP contribution in [0.3, 0.4) is 0 Å². The average molecular weight is 414 g/mol. The van der Waals surface area contributed by atoms with Gasteiger partial charge >= 0.3 is 10.2 Å². The molecule has 0 saturated heterocycles. The van der Waals surface area contributed by atoms with Crippen molar-refractivity contribution in [2.75, 3.05) is 6.54 Å². The maximum atomic E-state index is 13.0. The summed E-state index contributed by atoms with van der Waals surface area (Å²) in [5.74, 6) is -0.286. The molecule has 0 spiro atoms. The van der Waals surface area contributed by atoms with E-state index < -0.39 is 10.2 Å². The van der Waals surface area contributed by atoms with Gasteiger partial charge in [-0.05, 0) is 53.9 Å². The Balaban J connectivity index is 1.70. The molecule has 0 aliphatic heterocycles. The molecule has 0 bridgehead atoms. The number of rotatable bonds is 8. The molecule has 0 atom stereocenters. The second kappa shape index (κ2) is 9.35. The summed E-state index contributed by atoms with van der Waals surface area (Å²) < 4.78 is 34.9. The van der Waals surface area contributed by atoms with Gasteiger partial charge in [0.1, 0.15) is 0 Å². The molecule has 1 aromatic carbocycles. The van der Waals surface area contributed by atoms with Crippen molar-refractivity contribution in [2.45, 2.75) is 17.9 Å². The third-order valence-electron chi connectivity index (χ3n) is 4.18. The highest BCUT2D eigenvalue weighted by molar-refractivity contribution is 7.86. The van der Waals surface area contributed by atoms with Crippen LogP contribution in [0.1, 0.15) is 21.5 Å². The van der Waals surface area contributed by atoms with Crippen LogP contribution < -0.4 is 5.43 Å². The quantitative estimate of drug-likeness (QED) is 0.450. The second-order valence-electron chi connectivity index (χ2n) is 6.29. The lowest BCUT2D eigenvalue weighted by molar-refractivity contribution is 0.0776. The fraction of sp³-hybridized carbons (Fsp3) is 0.150. The van der Waals surface area contributed by atoms with E-state index in [0.29, 0.717) is 25.1 Å². The number of carbonyl (C=O) groups excluding carboxylic acids is 1. The predicted molar refractivity (Wildman–Crippen MR) is 105 cm³/mol. The Bertz CT molecular complexity index is 1050. The minimum Gasteiger partial charge on any atom is -0.284 e. The lowest BCUT2D eigenvalue weighted by Crippen LogP contribution is -2.42. The minimum absolute atomic E-state index is 0.286. The third-order valence-corrected chi connectivity index (χ3v) is 5.02. The van der Waals surface area contributed by atoms with Crippen molar-refractivity contribution in [3.8, 4) is 0 Å². The summed E-state index contributed by atoms with van der Waals surface area (Å²) in [6.45, 7) is 0.904. The van der Waals surface area contributed by atoms with E-state index >= 15 is 0 Å². The first-order valence-electron chi connectivity index (χ1n) is 8.80. The molecular formula is C20H19FN4O3S. The number of aromatic nitrogens is 2. The minimum atomic E-state index is -4.72. The topological polar surface area (TPSA) is 92.3 Å². The number of nitrogens with zero attached hydrogens (tertiary/aromatic N) is 3. The molecule has 3 rings (SSSR count). The lowest BCUT2D eigenvalue weighted by Gasteiger charge is -2.23. The molecule has 2 heterocycles. The second-order valence-corrected chi connectivity index (χ2v) is 7.64. The standard InChI is InChI=1S/C20H19FN4O3S/c21-29(27,28)19-5-3-16(4-6-19)9-13-25(15-17-7-11-22-12-8-17)24-20(26)18-2-1-10-23-14-18/h1-8,10-12,14H,9,13,15H2,(H,24,26). The molecule has 0 radical (unpaired) electrons. The summed E-state index contributed by atoms with van der Waals surface area (Å²) >= 11 is 0. The van der Waals surface area contributed by atoms with Crippen LogP contribution >= 0.6 is 0 Å². The first-order valence-corrected chi connectivity index (χ1v) is 10.2. The summed E-state index contributed by atoms with van der Waals surface area (Å²) in [7, 11) is -4.72. The summed E-state index contributed by atoms with van der Waals surface area (Å²) in [5.41, 5.74) is 5.08. The van der Waals surface area contributed by atoms with Crippen LogP contribution in [-0.4, -0.2) is 35.8 Å². The Labute approximate surface area is 168 Å². The van der Waals surface area contributed by atoms with Crippen LogP contribution in [0.25, 0.3) is 0 Å². The van der Waals surface area contributed by atoms with Gasteiger partial charge in [0.15, 0.2) is 0 Å². The molecular weight excluding hydrogens is 395 g/mol. The predicted octanol–water partition coefficient (Wildman–Crippen LogP) is 2.52. The van der Waals surface area contributed by atoms with E-state index in [1.165, 1.54) is 18.3 Å². The number of hydrazine groups is 1. The van der Waals surface area contributed by atoms with Crippen LogP contribution in [0.5, 0.6) is 0 Å². The van der Waals surface area contributed by atoms with E-state index in [9.17, 15) is 17.1 Å². The Morgan fingerprint density at radius 1 is 0.966 bits per heavy atom. The molecule has 150 valence electrons. The van der Waals surface area contributed by atoms with Gasteiger partial charge in [-0.1, -0.05) is 12.1 Å². The fourth-order valence-corrected chi connectivity index (χ4v) is 3.13. The summed E-state index contributed by atoms with van der Waals surface area (Å²) in [4.78, 5) is 20.1. The summed E-state index contributed by atoms with van der Waals surface area (Å²) in [5, 5.41) is 1.75. The molecule has 0 unspecified atom stereocenters. The summed E-state index contributed by atoms with van der Waals surface area (Å²) in [6.07, 6.45) is 6.94. The van der Waals surface area contributed by atoms with Gasteiger partial charge < -0.3 is 0 Å². The number of benzene rings is 1. The normalized spacial score (nSPS) is 11.4. The molecule has 0 aliphatic carbocycles. The van der Waals surface area contributed by atoms with Crippen molar-refractivity contribution in [1.29, 1.82) is 0 Å². The van der Waals surface area contributed by atoms with Crippen LogP contribution in [-0.2, 0) is 23.2 Å². The molecule has 9 heteroatoms. The van der Waals surface area contributed by atoms with Crippen molar-refractivity contribution < 1.29 is 17.1 Å². The Hall–Kier alpha value is -3.17. The van der Waals surface area contributed by atoms with Crippen molar-refractivity contribution >= 4 is 16.1 Å². The molecule has 0 aliphatic rings. The van der Waals surface area contributed by atoms with Crippen LogP contribution in [0.4, 0.5) is 3.89 Å². The van der Waals surface area contributed by atoms with Gasteiger partial charge in [0.25, 0.3) is 5.91 Å². The summed E-state index contributed by atoms with van der Waals surface area (Å²) in [6, 6.07) is 12.6. The number of hydrogen-bond donors (Lipinski definition) is 1. The molecule has 0 saturated carbocycles. The van der Waals surface area contributed by atoms with Crippen molar-refractivity contribution in [2.24, 2.45) is 0 Å². The maximum absolute atomic E-state index is 13.0. The molecule has 7 nitrogen and oxygen atoms in total. The van der Waals surface area contributed by atoms with E-state index in [0.717, 1.165) is 11.1 Å². The van der Waals surface area contributed by atoms with Gasteiger partial charge in [-0.3, -0.25) is 20.2 Å². The van der Waals surface area contributed by atoms with Gasteiger partial charge in [-0.25, -0.2) is 5.01 Å². The Morgan fingerprint density at radius 2 is 1.69 bits per heavy atom. The highest BCUT2D eigenvalue weighted by Gasteiger charge is 2.14. The molecule has 1 amide bonds. The van der Waals surface area contributed by atoms with Crippen molar-refractivity contribution in [1.82, 2.24) is 20.4 Å². The molecule has 2 aromatic heterocycles. The number of carbonyl (C=O) groups is 1. The molecule has 29 heavy (non-hydrogen) atoms. The van der Waals surface area contributed by atoms with Crippen molar-refractivity contribution in [3.63, 3.8) is 0 Å². The monoisotopic (exact) mass is 414 g/mol. The number of halogens is 1. The van der Waals surface area contributed by atoms with Gasteiger partial charge in [-0.15, -0.1) is 3.89 Å². The van der Waals surface area contributed by atoms with Crippen LogP contribution in [0.15, 0.2) is 78.2 Å². The largest absolute Gasteiger partial charge is 0.332 e. The SMILES string of the molecule is O=C(NN(CCc1ccc(S(=O)(=O)F)cc1)Cc1ccncc1)c1cccnc1. The highest BCUT2D eigenvalue weighted by Crippen LogP contribution is 2.14. The van der Waals surface area contributed by atoms with Gasteiger partial charge in [0.2, 0.25) is 0 Å². The van der Waals surface area contributed by atoms with E-state index in [2.05, 4.69) is 15.4 Å². The van der Waals surface area contributed by atoms with Crippen LogP contribution in [0, 0.1) is 0 Å². The van der Waals surface area contributed by atoms with Crippen molar-refractivity contribution in [3.05, 3.63) is 90.0 Å². The smallest absolute Gasteiger partial charge is 0.284 e. The first kappa shape index (κ1) is 20.6. The Kier molecular flexibility index (Phi) is 6.63. The van der Waals surface area contributed by atoms with E-state index in [1.54, 1.807) is 47.9 Å². The van der Waals surface area contributed by atoms with E-state index in [-0.39, 0.29) is 10.8 Å². The van der Waals surface area contributed by atoms with Gasteiger partial charge in [-0.2, -0.15) is 8.42 Å². The zero-order valence-corrected chi connectivity index (χ0v) is 16.2.